The van der Waals surface area contributed by atoms with Crippen LogP contribution in [-0.2, 0) is 4.79 Å². The number of allylic oxidation sites excluding steroid dienone is 2. The third kappa shape index (κ3) is 1.68. The number of ether oxygens (including phenoxy) is 1. The molecule has 0 radical (unpaired) electrons. The summed E-state index contributed by atoms with van der Waals surface area (Å²) in [4.78, 5) is 24.0. The monoisotopic (exact) mass is 272 g/mol. The molecule has 2 aliphatic rings. The van der Waals surface area contributed by atoms with E-state index in [1.807, 2.05) is 6.92 Å². The number of aromatic hydroxyl groups is 1. The molecule has 1 aliphatic heterocycles. The number of carbonyl (C=O) groups is 2. The van der Waals surface area contributed by atoms with Gasteiger partial charge in [-0.1, -0.05) is 6.92 Å². The van der Waals surface area contributed by atoms with E-state index in [9.17, 15) is 14.7 Å². The van der Waals surface area contributed by atoms with Crippen LogP contribution in [0.3, 0.4) is 0 Å². The van der Waals surface area contributed by atoms with E-state index < -0.39 is 0 Å². The fourth-order valence-electron chi connectivity index (χ4n) is 2.97. The van der Waals surface area contributed by atoms with Gasteiger partial charge in [0.2, 0.25) is 0 Å². The Morgan fingerprint density at radius 2 is 1.95 bits per heavy atom. The van der Waals surface area contributed by atoms with Gasteiger partial charge in [0.05, 0.1) is 0 Å². The highest BCUT2D eigenvalue weighted by atomic mass is 16.5. The third-order valence-corrected chi connectivity index (χ3v) is 4.02. The molecule has 1 aromatic rings. The van der Waals surface area contributed by atoms with Crippen LogP contribution in [0.1, 0.15) is 54.6 Å². The molecule has 3 rings (SSSR count). The highest BCUT2D eigenvalue weighted by Gasteiger charge is 2.34. The lowest BCUT2D eigenvalue weighted by atomic mass is 9.80. The van der Waals surface area contributed by atoms with Gasteiger partial charge >= 0.3 is 0 Å². The zero-order valence-corrected chi connectivity index (χ0v) is 11.7. The van der Waals surface area contributed by atoms with Crippen molar-refractivity contribution in [2.75, 3.05) is 0 Å². The molecule has 0 amide bonds. The molecule has 4 nitrogen and oxygen atoms in total. The molecule has 0 saturated heterocycles. The minimum Gasteiger partial charge on any atom is -0.506 e. The average Bonchev–Trinajstić information content (AvgIpc) is 2.34. The molecule has 0 saturated carbocycles. The van der Waals surface area contributed by atoms with Crippen molar-refractivity contribution < 1.29 is 19.4 Å². The van der Waals surface area contributed by atoms with Gasteiger partial charge in [-0.15, -0.1) is 0 Å². The SMILES string of the molecule is CC1=CC(=O)C(C)c2cc3c(c(O)c21)C(=O)CC(C)O3. The third-order valence-electron chi connectivity index (χ3n) is 4.02. The second-order valence-electron chi connectivity index (χ2n) is 5.57. The molecule has 0 aromatic heterocycles. The summed E-state index contributed by atoms with van der Waals surface area (Å²) in [5.74, 6) is -0.108. The fourth-order valence-corrected chi connectivity index (χ4v) is 2.97. The number of fused-ring (bicyclic) bond motifs is 2. The molecule has 0 spiro atoms. The summed E-state index contributed by atoms with van der Waals surface area (Å²) in [6.07, 6.45) is 1.57. The summed E-state index contributed by atoms with van der Waals surface area (Å²) >= 11 is 0. The topological polar surface area (TPSA) is 63.6 Å². The van der Waals surface area contributed by atoms with E-state index in [0.29, 0.717) is 16.9 Å². The van der Waals surface area contributed by atoms with Crippen LogP contribution < -0.4 is 4.74 Å². The van der Waals surface area contributed by atoms with E-state index in [1.165, 1.54) is 6.08 Å². The van der Waals surface area contributed by atoms with E-state index in [1.54, 1.807) is 19.9 Å². The van der Waals surface area contributed by atoms with Crippen molar-refractivity contribution in [3.63, 3.8) is 0 Å². The van der Waals surface area contributed by atoms with E-state index in [4.69, 9.17) is 4.74 Å². The summed E-state index contributed by atoms with van der Waals surface area (Å²) in [6, 6.07) is 1.73. The number of benzene rings is 1. The van der Waals surface area contributed by atoms with Gasteiger partial charge in [-0.25, -0.2) is 0 Å². The van der Waals surface area contributed by atoms with E-state index in [2.05, 4.69) is 0 Å². The Labute approximate surface area is 117 Å². The standard InChI is InChI=1S/C16H16O4/c1-7-4-11(17)9(3)10-6-13-15(16(19)14(7)10)12(18)5-8(2)20-13/h4,6,8-9,19H,5H2,1-3H3. The summed E-state index contributed by atoms with van der Waals surface area (Å²) in [5, 5.41) is 10.5. The predicted octanol–water partition coefficient (Wildman–Crippen LogP) is 2.84. The first-order valence-corrected chi connectivity index (χ1v) is 6.72. The van der Waals surface area contributed by atoms with Gasteiger partial charge in [-0.05, 0) is 37.1 Å². The smallest absolute Gasteiger partial charge is 0.174 e. The Balaban J connectivity index is 2.30. The molecule has 20 heavy (non-hydrogen) atoms. The number of hydrogen-bond acceptors (Lipinski definition) is 4. The van der Waals surface area contributed by atoms with Gasteiger partial charge in [0, 0.05) is 17.9 Å². The molecule has 1 aromatic carbocycles. The van der Waals surface area contributed by atoms with Crippen molar-refractivity contribution in [3.8, 4) is 11.5 Å². The lowest BCUT2D eigenvalue weighted by Crippen LogP contribution is -2.25. The molecule has 0 fully saturated rings. The van der Waals surface area contributed by atoms with Crippen LogP contribution in [0.25, 0.3) is 5.57 Å². The first kappa shape index (κ1) is 12.9. The predicted molar refractivity (Wildman–Crippen MR) is 74.2 cm³/mol. The first-order valence-electron chi connectivity index (χ1n) is 6.72. The maximum absolute atomic E-state index is 12.1. The normalized spacial score (nSPS) is 24.6. The molecule has 1 heterocycles. The molecule has 104 valence electrons. The second kappa shape index (κ2) is 4.20. The summed E-state index contributed by atoms with van der Waals surface area (Å²) in [5.41, 5.74) is 2.27. The van der Waals surface area contributed by atoms with Crippen LogP contribution >= 0.6 is 0 Å². The Kier molecular flexibility index (Phi) is 2.71. The molecular formula is C16H16O4. The maximum atomic E-state index is 12.1. The highest BCUT2D eigenvalue weighted by molar-refractivity contribution is 6.09. The van der Waals surface area contributed by atoms with Crippen molar-refractivity contribution in [2.24, 2.45) is 0 Å². The van der Waals surface area contributed by atoms with Gasteiger partial charge in [0.1, 0.15) is 23.2 Å². The molecule has 0 bridgehead atoms. The van der Waals surface area contributed by atoms with E-state index in [-0.39, 0.29) is 41.3 Å². The van der Waals surface area contributed by atoms with Gasteiger partial charge in [0.15, 0.2) is 11.6 Å². The molecular weight excluding hydrogens is 256 g/mol. The fraction of sp³-hybridized carbons (Fsp3) is 0.375. The minimum atomic E-state index is -0.333. The summed E-state index contributed by atoms with van der Waals surface area (Å²) in [6.45, 7) is 5.38. The van der Waals surface area contributed by atoms with Crippen molar-refractivity contribution >= 4 is 17.1 Å². The van der Waals surface area contributed by atoms with Crippen LogP contribution in [0.15, 0.2) is 12.1 Å². The molecule has 1 aliphatic carbocycles. The largest absolute Gasteiger partial charge is 0.506 e. The molecule has 1 N–H and O–H groups in total. The highest BCUT2D eigenvalue weighted by Crippen LogP contribution is 2.45. The van der Waals surface area contributed by atoms with Crippen LogP contribution in [-0.4, -0.2) is 22.8 Å². The Morgan fingerprint density at radius 1 is 1.25 bits per heavy atom. The zero-order chi connectivity index (χ0) is 14.6. The van der Waals surface area contributed by atoms with E-state index in [0.717, 1.165) is 5.56 Å². The first-order chi connectivity index (χ1) is 9.40. The maximum Gasteiger partial charge on any atom is 0.174 e. The summed E-state index contributed by atoms with van der Waals surface area (Å²) < 4.78 is 5.66. The van der Waals surface area contributed by atoms with Gasteiger partial charge < -0.3 is 9.84 Å². The average molecular weight is 272 g/mol. The Bertz CT molecular complexity index is 670. The quantitative estimate of drug-likeness (QED) is 0.788. The van der Waals surface area contributed by atoms with Crippen molar-refractivity contribution in [1.29, 1.82) is 0 Å². The van der Waals surface area contributed by atoms with Crippen LogP contribution in [0, 0.1) is 0 Å². The number of rotatable bonds is 0. The zero-order valence-electron chi connectivity index (χ0n) is 11.7. The number of phenols is 1. The van der Waals surface area contributed by atoms with Crippen LogP contribution in [0.5, 0.6) is 11.5 Å². The number of ketones is 2. The Morgan fingerprint density at radius 3 is 2.65 bits per heavy atom. The van der Waals surface area contributed by atoms with Gasteiger partial charge in [-0.2, -0.15) is 0 Å². The molecule has 2 atom stereocenters. The number of phenolic OH excluding ortho intramolecular Hbond substituents is 1. The number of carbonyl (C=O) groups excluding carboxylic acids is 2. The lowest BCUT2D eigenvalue weighted by Gasteiger charge is -2.28. The number of Topliss-reactive ketones (excluding diaryl/α,β-unsaturated/α-hetero) is 1. The van der Waals surface area contributed by atoms with Crippen molar-refractivity contribution in [2.45, 2.75) is 39.2 Å². The Hall–Kier alpha value is -2.10. The molecule has 2 unspecified atom stereocenters. The van der Waals surface area contributed by atoms with Crippen molar-refractivity contribution in [1.82, 2.24) is 0 Å². The lowest BCUT2D eigenvalue weighted by molar-refractivity contribution is -0.115. The molecule has 4 heteroatoms. The van der Waals surface area contributed by atoms with Crippen LogP contribution in [0.4, 0.5) is 0 Å². The van der Waals surface area contributed by atoms with Crippen molar-refractivity contribution in [3.05, 3.63) is 28.8 Å². The van der Waals surface area contributed by atoms with Crippen LogP contribution in [0.2, 0.25) is 0 Å². The summed E-state index contributed by atoms with van der Waals surface area (Å²) in [7, 11) is 0. The van der Waals surface area contributed by atoms with Gasteiger partial charge in [-0.3, -0.25) is 9.59 Å². The van der Waals surface area contributed by atoms with Gasteiger partial charge in [0.25, 0.3) is 0 Å². The minimum absolute atomic E-state index is 0.00420. The second-order valence-corrected chi connectivity index (χ2v) is 5.57. The van der Waals surface area contributed by atoms with E-state index >= 15 is 0 Å². The number of hydrogen-bond donors (Lipinski definition) is 1.